The Hall–Kier alpha value is -2.12. The molecule has 0 fully saturated rings. The second-order valence-corrected chi connectivity index (χ2v) is 2.59. The summed E-state index contributed by atoms with van der Waals surface area (Å²) in [5.74, 6) is -1.94. The van der Waals surface area contributed by atoms with Gasteiger partial charge in [0.05, 0.1) is 6.42 Å². The molecule has 76 valence electrons. The van der Waals surface area contributed by atoms with Crippen LogP contribution in [0.3, 0.4) is 0 Å². The zero-order valence-electron chi connectivity index (χ0n) is 7.10. The molecule has 0 radical (unpaired) electrons. The summed E-state index contributed by atoms with van der Waals surface area (Å²) in [4.78, 5) is 28.5. The molecule has 8 heteroatoms. The molecule has 0 aromatic heterocycles. The first-order valence-electron chi connectivity index (χ1n) is 3.69. The number of guanidine groups is 2. The third-order valence-electron chi connectivity index (χ3n) is 1.42. The molecule has 0 bridgehead atoms. The van der Waals surface area contributed by atoms with Crippen molar-refractivity contribution in [2.45, 2.75) is 12.5 Å². The van der Waals surface area contributed by atoms with Crippen molar-refractivity contribution in [1.82, 2.24) is 5.32 Å². The number of amides is 1. The van der Waals surface area contributed by atoms with Gasteiger partial charge in [0.2, 0.25) is 5.96 Å². The summed E-state index contributed by atoms with van der Waals surface area (Å²) in [7, 11) is 0. The average Bonchev–Trinajstić information content (AvgIpc) is 2.28. The molecular formula is C6H9N5O3. The molecule has 1 rings (SSSR count). The summed E-state index contributed by atoms with van der Waals surface area (Å²) in [6.07, 6.45) is -0.380. The second-order valence-electron chi connectivity index (χ2n) is 2.59. The van der Waals surface area contributed by atoms with E-state index in [4.69, 9.17) is 16.6 Å². The van der Waals surface area contributed by atoms with Crippen molar-refractivity contribution in [3.8, 4) is 0 Å². The predicted molar refractivity (Wildman–Crippen MR) is 47.4 cm³/mol. The molecule has 0 saturated carbocycles. The van der Waals surface area contributed by atoms with Gasteiger partial charge in [-0.2, -0.15) is 4.99 Å². The van der Waals surface area contributed by atoms with Crippen LogP contribution in [0.5, 0.6) is 0 Å². The van der Waals surface area contributed by atoms with Gasteiger partial charge in [-0.1, -0.05) is 0 Å². The first-order chi connectivity index (χ1) is 6.49. The van der Waals surface area contributed by atoms with Crippen molar-refractivity contribution < 1.29 is 14.7 Å². The monoisotopic (exact) mass is 199 g/mol. The van der Waals surface area contributed by atoms with Crippen molar-refractivity contribution >= 4 is 23.8 Å². The van der Waals surface area contributed by atoms with Crippen LogP contribution in [0.25, 0.3) is 0 Å². The number of carbonyl (C=O) groups is 2. The number of nitrogens with two attached hydrogens (primary N) is 2. The fourth-order valence-corrected chi connectivity index (χ4v) is 0.915. The summed E-state index contributed by atoms with van der Waals surface area (Å²) < 4.78 is 0. The highest BCUT2D eigenvalue weighted by Crippen LogP contribution is 2.05. The Kier molecular flexibility index (Phi) is 2.65. The van der Waals surface area contributed by atoms with Gasteiger partial charge in [0.1, 0.15) is 6.04 Å². The number of nitrogens with one attached hydrogen (secondary N) is 1. The third-order valence-corrected chi connectivity index (χ3v) is 1.42. The zero-order valence-corrected chi connectivity index (χ0v) is 7.10. The molecule has 1 aliphatic rings. The van der Waals surface area contributed by atoms with E-state index in [2.05, 4.69) is 15.3 Å². The first kappa shape index (κ1) is 9.96. The lowest BCUT2D eigenvalue weighted by atomic mass is 10.2. The Morgan fingerprint density at radius 3 is 2.79 bits per heavy atom. The van der Waals surface area contributed by atoms with E-state index in [1.165, 1.54) is 0 Å². The molecule has 0 aromatic rings. The van der Waals surface area contributed by atoms with Gasteiger partial charge in [-0.05, 0) is 0 Å². The molecule has 1 unspecified atom stereocenters. The number of aliphatic carboxylic acids is 1. The lowest BCUT2D eigenvalue weighted by molar-refractivity contribution is -0.139. The van der Waals surface area contributed by atoms with Crippen LogP contribution >= 0.6 is 0 Å². The van der Waals surface area contributed by atoms with Gasteiger partial charge in [0.25, 0.3) is 5.91 Å². The van der Waals surface area contributed by atoms with E-state index in [0.29, 0.717) is 0 Å². The predicted octanol–water partition coefficient (Wildman–Crippen LogP) is -2.41. The van der Waals surface area contributed by atoms with Gasteiger partial charge in [-0.15, -0.1) is 0 Å². The van der Waals surface area contributed by atoms with Crippen molar-refractivity contribution in [1.29, 1.82) is 0 Å². The molecule has 1 aliphatic heterocycles. The van der Waals surface area contributed by atoms with Crippen molar-refractivity contribution in [3.63, 3.8) is 0 Å². The maximum Gasteiger partial charge on any atom is 0.306 e. The number of hydrogen-bond donors (Lipinski definition) is 4. The molecular weight excluding hydrogens is 190 g/mol. The fourth-order valence-electron chi connectivity index (χ4n) is 0.915. The highest BCUT2D eigenvalue weighted by Gasteiger charge is 2.28. The third kappa shape index (κ3) is 2.44. The SMILES string of the molecule is NC(N)=NC1=NC(CC(=O)O)C(=O)N1. The van der Waals surface area contributed by atoms with Gasteiger partial charge in [0.15, 0.2) is 5.96 Å². The Labute approximate surface area is 78.7 Å². The number of rotatable bonds is 2. The minimum Gasteiger partial charge on any atom is -0.481 e. The summed E-state index contributed by atoms with van der Waals surface area (Å²) in [5.41, 5.74) is 10.1. The molecule has 6 N–H and O–H groups in total. The molecule has 1 heterocycles. The fraction of sp³-hybridized carbons (Fsp3) is 0.333. The first-order valence-corrected chi connectivity index (χ1v) is 3.69. The number of nitrogens with zero attached hydrogens (tertiary/aromatic N) is 2. The van der Waals surface area contributed by atoms with Crippen LogP contribution in [0, 0.1) is 0 Å². The van der Waals surface area contributed by atoms with E-state index in [9.17, 15) is 9.59 Å². The van der Waals surface area contributed by atoms with Crippen LogP contribution < -0.4 is 16.8 Å². The number of hydrogen-bond acceptors (Lipinski definition) is 4. The van der Waals surface area contributed by atoms with Crippen LogP contribution in [0.2, 0.25) is 0 Å². The van der Waals surface area contributed by atoms with Crippen molar-refractivity contribution in [3.05, 3.63) is 0 Å². The Morgan fingerprint density at radius 1 is 1.64 bits per heavy atom. The van der Waals surface area contributed by atoms with E-state index >= 15 is 0 Å². The van der Waals surface area contributed by atoms with Crippen molar-refractivity contribution in [2.75, 3.05) is 0 Å². The van der Waals surface area contributed by atoms with Gasteiger partial charge in [0, 0.05) is 0 Å². The van der Waals surface area contributed by atoms with E-state index in [-0.39, 0.29) is 18.3 Å². The number of carboxylic acid groups (broad SMARTS) is 1. The summed E-state index contributed by atoms with van der Waals surface area (Å²) in [5, 5.41) is 10.7. The standard InChI is InChI=1S/C6H9N5O3/c7-5(8)11-6-9-2(1-3(12)13)4(14)10-6/h2H,1H2,(H,12,13)(H5,7,8,9,10,11,14). The summed E-state index contributed by atoms with van der Waals surface area (Å²) in [6.45, 7) is 0. The second kappa shape index (κ2) is 3.73. The smallest absolute Gasteiger partial charge is 0.306 e. The lowest BCUT2D eigenvalue weighted by Crippen LogP contribution is -2.31. The molecule has 1 amide bonds. The van der Waals surface area contributed by atoms with Gasteiger partial charge in [-0.3, -0.25) is 14.9 Å². The Bertz CT molecular complexity index is 330. The molecule has 0 spiro atoms. The molecule has 0 aromatic carbocycles. The maximum atomic E-state index is 11.1. The quantitative estimate of drug-likeness (QED) is 0.289. The highest BCUT2D eigenvalue weighted by molar-refractivity contribution is 6.09. The van der Waals surface area contributed by atoms with Crippen LogP contribution in [-0.2, 0) is 9.59 Å². The largest absolute Gasteiger partial charge is 0.481 e. The summed E-state index contributed by atoms with van der Waals surface area (Å²) >= 11 is 0. The molecule has 14 heavy (non-hydrogen) atoms. The highest BCUT2D eigenvalue weighted by atomic mass is 16.4. The van der Waals surface area contributed by atoms with Crippen LogP contribution in [-0.4, -0.2) is 34.9 Å². The van der Waals surface area contributed by atoms with E-state index in [1.807, 2.05) is 0 Å². The lowest BCUT2D eigenvalue weighted by Gasteiger charge is -1.97. The normalized spacial score (nSPS) is 19.9. The van der Waals surface area contributed by atoms with Gasteiger partial charge in [-0.25, -0.2) is 4.99 Å². The molecule has 8 nitrogen and oxygen atoms in total. The minimum atomic E-state index is -1.11. The van der Waals surface area contributed by atoms with E-state index in [0.717, 1.165) is 0 Å². The summed E-state index contributed by atoms with van der Waals surface area (Å²) in [6, 6.07) is -0.953. The van der Waals surface area contributed by atoms with Crippen molar-refractivity contribution in [2.24, 2.45) is 21.5 Å². The van der Waals surface area contributed by atoms with Crippen LogP contribution in [0.15, 0.2) is 9.98 Å². The number of aliphatic imine (C=N–C) groups is 2. The molecule has 0 aliphatic carbocycles. The Balaban J connectivity index is 2.71. The van der Waals surface area contributed by atoms with Crippen LogP contribution in [0.1, 0.15) is 6.42 Å². The molecule has 1 atom stereocenters. The topological polar surface area (TPSA) is 143 Å². The number of carboxylic acids is 1. The molecule has 0 saturated heterocycles. The Morgan fingerprint density at radius 2 is 2.29 bits per heavy atom. The van der Waals surface area contributed by atoms with Crippen LogP contribution in [0.4, 0.5) is 0 Å². The number of carbonyl (C=O) groups excluding carboxylic acids is 1. The van der Waals surface area contributed by atoms with Gasteiger partial charge < -0.3 is 16.6 Å². The van der Waals surface area contributed by atoms with E-state index in [1.54, 1.807) is 0 Å². The zero-order chi connectivity index (χ0) is 10.7. The van der Waals surface area contributed by atoms with E-state index < -0.39 is 17.9 Å². The average molecular weight is 199 g/mol. The maximum absolute atomic E-state index is 11.1. The van der Waals surface area contributed by atoms with Gasteiger partial charge >= 0.3 is 5.97 Å². The minimum absolute atomic E-state index is 0.0544.